The monoisotopic (exact) mass is 415 g/mol. The summed E-state index contributed by atoms with van der Waals surface area (Å²) in [6, 6.07) is 9.49. The number of carbonyl (C=O) groups is 1. The normalized spacial score (nSPS) is 13.1. The third kappa shape index (κ3) is 4.01. The summed E-state index contributed by atoms with van der Waals surface area (Å²) in [7, 11) is 0. The molecule has 30 heavy (non-hydrogen) atoms. The van der Waals surface area contributed by atoms with E-state index >= 15 is 0 Å². The van der Waals surface area contributed by atoms with E-state index in [4.69, 9.17) is 0 Å². The van der Waals surface area contributed by atoms with Crippen molar-refractivity contribution in [1.29, 1.82) is 0 Å². The average molecular weight is 415 g/mol. The van der Waals surface area contributed by atoms with Gasteiger partial charge in [0.25, 0.3) is 5.91 Å². The summed E-state index contributed by atoms with van der Waals surface area (Å²) in [4.78, 5) is 34.4. The molecule has 9 heteroatoms. The number of hydrogen-bond donors (Lipinski definition) is 2. The van der Waals surface area contributed by atoms with E-state index in [1.807, 2.05) is 30.3 Å². The molecule has 4 heterocycles. The van der Waals surface area contributed by atoms with Gasteiger partial charge in [-0.3, -0.25) is 9.78 Å². The number of rotatable bonds is 6. The molecule has 148 valence electrons. The molecule has 0 aliphatic heterocycles. The maximum absolute atomic E-state index is 13.1. The molecule has 4 aromatic rings. The number of nitrogens with one attached hydrogen (secondary N) is 2. The number of nitrogens with zero attached hydrogens (tertiary/aromatic N) is 5. The Morgan fingerprint density at radius 3 is 2.67 bits per heavy atom. The van der Waals surface area contributed by atoms with Crippen molar-refractivity contribution in [2.45, 2.75) is 18.8 Å². The van der Waals surface area contributed by atoms with Gasteiger partial charge >= 0.3 is 0 Å². The molecule has 0 bridgehead atoms. The number of amides is 1. The van der Waals surface area contributed by atoms with E-state index in [9.17, 15) is 4.79 Å². The van der Waals surface area contributed by atoms with E-state index in [0.29, 0.717) is 28.0 Å². The molecule has 2 N–H and O–H groups in total. The van der Waals surface area contributed by atoms with Crippen LogP contribution in [-0.2, 0) is 0 Å². The minimum absolute atomic E-state index is 0.298. The Kier molecular flexibility index (Phi) is 4.86. The number of anilines is 3. The largest absolute Gasteiger partial charge is 0.351 e. The summed E-state index contributed by atoms with van der Waals surface area (Å²) in [5, 5.41) is 7.48. The lowest BCUT2D eigenvalue weighted by Crippen LogP contribution is -2.16. The molecule has 0 saturated heterocycles. The summed E-state index contributed by atoms with van der Waals surface area (Å²) >= 11 is 1.37. The Morgan fingerprint density at radius 2 is 1.90 bits per heavy atom. The Labute approximate surface area is 176 Å². The first-order valence-corrected chi connectivity index (χ1v) is 10.3. The molecule has 1 aliphatic carbocycles. The molecule has 4 aromatic heterocycles. The molecule has 8 nitrogen and oxygen atoms in total. The van der Waals surface area contributed by atoms with Gasteiger partial charge in [-0.2, -0.15) is 0 Å². The highest BCUT2D eigenvalue weighted by Gasteiger charge is 2.27. The zero-order chi connectivity index (χ0) is 20.3. The van der Waals surface area contributed by atoms with Crippen molar-refractivity contribution < 1.29 is 4.79 Å². The van der Waals surface area contributed by atoms with Crippen molar-refractivity contribution in [2.24, 2.45) is 0 Å². The Balaban J connectivity index is 1.41. The van der Waals surface area contributed by atoms with E-state index < -0.39 is 0 Å². The molecule has 1 fully saturated rings. The molecule has 0 radical (unpaired) electrons. The van der Waals surface area contributed by atoms with Crippen molar-refractivity contribution in [3.05, 3.63) is 72.8 Å². The fourth-order valence-corrected chi connectivity index (χ4v) is 3.77. The minimum atomic E-state index is -0.298. The van der Waals surface area contributed by atoms with Crippen LogP contribution in [0.2, 0.25) is 0 Å². The van der Waals surface area contributed by atoms with E-state index in [1.165, 1.54) is 17.7 Å². The van der Waals surface area contributed by atoms with Crippen molar-refractivity contribution in [3.8, 4) is 10.7 Å². The molecule has 5 rings (SSSR count). The third-order valence-electron chi connectivity index (χ3n) is 4.59. The van der Waals surface area contributed by atoms with Gasteiger partial charge < -0.3 is 10.6 Å². The van der Waals surface area contributed by atoms with Crippen LogP contribution in [0.3, 0.4) is 0 Å². The summed E-state index contributed by atoms with van der Waals surface area (Å²) in [6.45, 7) is 0. The second-order valence-corrected chi connectivity index (χ2v) is 7.89. The highest BCUT2D eigenvalue weighted by molar-refractivity contribution is 7.19. The second kappa shape index (κ2) is 7.96. The molecule has 0 unspecified atom stereocenters. The van der Waals surface area contributed by atoms with Crippen molar-refractivity contribution in [1.82, 2.24) is 24.9 Å². The molecular formula is C21H17N7OS. The van der Waals surface area contributed by atoms with Gasteiger partial charge in [-0.1, -0.05) is 17.4 Å². The van der Waals surface area contributed by atoms with E-state index in [1.54, 1.807) is 24.8 Å². The van der Waals surface area contributed by atoms with Crippen LogP contribution in [0, 0.1) is 0 Å². The first-order chi connectivity index (χ1) is 14.8. The van der Waals surface area contributed by atoms with E-state index in [2.05, 4.69) is 35.6 Å². The summed E-state index contributed by atoms with van der Waals surface area (Å²) in [6.07, 6.45) is 10.3. The van der Waals surface area contributed by atoms with Crippen molar-refractivity contribution >= 4 is 33.6 Å². The highest BCUT2D eigenvalue weighted by Crippen LogP contribution is 2.40. The molecular weight excluding hydrogens is 398 g/mol. The fourth-order valence-electron chi connectivity index (χ4n) is 2.98. The predicted molar refractivity (Wildman–Crippen MR) is 115 cm³/mol. The highest BCUT2D eigenvalue weighted by atomic mass is 32.1. The van der Waals surface area contributed by atoms with Gasteiger partial charge in [-0.25, -0.2) is 19.9 Å². The van der Waals surface area contributed by atoms with Crippen LogP contribution in [0.1, 0.15) is 34.9 Å². The average Bonchev–Trinajstić information content (AvgIpc) is 3.54. The van der Waals surface area contributed by atoms with Crippen LogP contribution >= 0.6 is 11.3 Å². The third-order valence-corrected chi connectivity index (χ3v) is 5.53. The quantitative estimate of drug-likeness (QED) is 0.484. The van der Waals surface area contributed by atoms with Gasteiger partial charge in [0, 0.05) is 17.8 Å². The van der Waals surface area contributed by atoms with E-state index in [0.717, 1.165) is 29.2 Å². The van der Waals surface area contributed by atoms with Gasteiger partial charge in [0.15, 0.2) is 5.69 Å². The molecule has 1 aliphatic rings. The summed E-state index contributed by atoms with van der Waals surface area (Å²) in [5.41, 5.74) is 3.32. The topological polar surface area (TPSA) is 106 Å². The predicted octanol–water partition coefficient (Wildman–Crippen LogP) is 4.26. The number of hydrogen-bond acceptors (Lipinski definition) is 8. The smallest absolute Gasteiger partial charge is 0.277 e. The SMILES string of the molecule is O=C(Nc1cnc(-c2ccccn2)s1)c1nc(C2CC2)ccc1Nc1cncnc1. The zero-order valence-corrected chi connectivity index (χ0v) is 16.6. The molecule has 0 atom stereocenters. The molecule has 0 spiro atoms. The summed E-state index contributed by atoms with van der Waals surface area (Å²) in [5.74, 6) is 0.137. The lowest BCUT2D eigenvalue weighted by atomic mass is 10.2. The van der Waals surface area contributed by atoms with Crippen LogP contribution in [0.5, 0.6) is 0 Å². The Morgan fingerprint density at radius 1 is 1.03 bits per heavy atom. The maximum Gasteiger partial charge on any atom is 0.277 e. The number of carbonyl (C=O) groups excluding carboxylic acids is 1. The van der Waals surface area contributed by atoms with Gasteiger partial charge in [0.1, 0.15) is 16.3 Å². The first kappa shape index (κ1) is 18.3. The van der Waals surface area contributed by atoms with E-state index in [-0.39, 0.29) is 5.91 Å². The number of pyridine rings is 2. The van der Waals surface area contributed by atoms with Crippen molar-refractivity contribution in [3.63, 3.8) is 0 Å². The van der Waals surface area contributed by atoms with Gasteiger partial charge in [0.2, 0.25) is 0 Å². The molecule has 0 aromatic carbocycles. The lowest BCUT2D eigenvalue weighted by Gasteiger charge is -2.12. The number of aromatic nitrogens is 5. The molecule has 1 amide bonds. The lowest BCUT2D eigenvalue weighted by molar-refractivity contribution is 0.102. The zero-order valence-electron chi connectivity index (χ0n) is 15.8. The van der Waals surface area contributed by atoms with Gasteiger partial charge in [-0.05, 0) is 37.1 Å². The first-order valence-electron chi connectivity index (χ1n) is 9.48. The fraction of sp³-hybridized carbons (Fsp3) is 0.143. The molecule has 1 saturated carbocycles. The van der Waals surface area contributed by atoms with Gasteiger partial charge in [0.05, 0.1) is 35.7 Å². The van der Waals surface area contributed by atoms with Crippen LogP contribution in [0.25, 0.3) is 10.7 Å². The second-order valence-electron chi connectivity index (χ2n) is 6.86. The maximum atomic E-state index is 13.1. The van der Waals surface area contributed by atoms with Crippen molar-refractivity contribution in [2.75, 3.05) is 10.6 Å². The Bertz CT molecular complexity index is 1180. The van der Waals surface area contributed by atoms with Crippen LogP contribution in [0.15, 0.2) is 61.4 Å². The summed E-state index contributed by atoms with van der Waals surface area (Å²) < 4.78 is 0. The standard InChI is InChI=1S/C21H17N7OS/c29-20(28-18-11-25-21(30-18)17-3-1-2-8-24-17)19-16(26-14-9-22-12-23-10-14)7-6-15(27-19)13-4-5-13/h1-3,6-13,26H,4-5H2,(H,28,29). The van der Waals surface area contributed by atoms with Gasteiger partial charge in [-0.15, -0.1) is 0 Å². The van der Waals surface area contributed by atoms with Crippen LogP contribution in [-0.4, -0.2) is 30.8 Å². The van der Waals surface area contributed by atoms with Crippen LogP contribution in [0.4, 0.5) is 16.4 Å². The number of thiazole rings is 1. The Hall–Kier alpha value is -3.72. The minimum Gasteiger partial charge on any atom is -0.351 e. The van der Waals surface area contributed by atoms with Crippen LogP contribution < -0.4 is 10.6 Å².